The van der Waals surface area contributed by atoms with Crippen molar-refractivity contribution in [1.82, 2.24) is 5.32 Å². The summed E-state index contributed by atoms with van der Waals surface area (Å²) in [6.45, 7) is 1.12. The lowest BCUT2D eigenvalue weighted by Gasteiger charge is -2.09. The Morgan fingerprint density at radius 3 is 2.50 bits per heavy atom. The lowest BCUT2D eigenvalue weighted by atomic mass is 10.0. The van der Waals surface area contributed by atoms with E-state index in [1.54, 1.807) is 0 Å². The van der Waals surface area contributed by atoms with Crippen molar-refractivity contribution in [2.45, 2.75) is 18.9 Å². The number of hydrogen-bond acceptors (Lipinski definition) is 2. The molecule has 74 valence electrons. The molecule has 0 unspecified atom stereocenters. The van der Waals surface area contributed by atoms with Crippen LogP contribution in [-0.2, 0) is 0 Å². The average molecular weight is 209 g/mol. The van der Waals surface area contributed by atoms with Crippen LogP contribution in [-0.4, -0.2) is 6.54 Å². The van der Waals surface area contributed by atoms with Crippen molar-refractivity contribution in [3.8, 4) is 6.07 Å². The summed E-state index contributed by atoms with van der Waals surface area (Å²) in [4.78, 5) is 0. The van der Waals surface area contributed by atoms with Crippen LogP contribution >= 0.6 is 12.4 Å². The number of hydrogen-bond donors (Lipinski definition) is 1. The Bertz CT molecular complexity index is 320. The van der Waals surface area contributed by atoms with E-state index in [9.17, 15) is 0 Å². The first-order valence-corrected chi connectivity index (χ1v) is 4.63. The Kier molecular flexibility index (Phi) is 3.94. The molecule has 2 rings (SSSR count). The largest absolute Gasteiger partial charge is 0.310 e. The highest BCUT2D eigenvalue weighted by molar-refractivity contribution is 5.85. The van der Waals surface area contributed by atoms with Crippen molar-refractivity contribution in [2.75, 3.05) is 6.54 Å². The van der Waals surface area contributed by atoms with Gasteiger partial charge in [0.2, 0.25) is 0 Å². The Morgan fingerprint density at radius 2 is 2.00 bits per heavy atom. The van der Waals surface area contributed by atoms with Crippen LogP contribution in [0.5, 0.6) is 0 Å². The molecule has 1 aromatic carbocycles. The Labute approximate surface area is 90.3 Å². The molecule has 0 saturated carbocycles. The highest BCUT2D eigenvalue weighted by atomic mass is 35.5. The molecule has 1 aromatic rings. The van der Waals surface area contributed by atoms with Crippen LogP contribution in [0, 0.1) is 11.3 Å². The normalized spacial score (nSPS) is 19.8. The minimum absolute atomic E-state index is 0. The van der Waals surface area contributed by atoms with E-state index in [-0.39, 0.29) is 12.4 Å². The highest BCUT2D eigenvalue weighted by Gasteiger charge is 2.15. The maximum Gasteiger partial charge on any atom is 0.0991 e. The monoisotopic (exact) mass is 208 g/mol. The second-order valence-electron chi connectivity index (χ2n) is 3.38. The van der Waals surface area contributed by atoms with Gasteiger partial charge in [-0.05, 0) is 37.1 Å². The van der Waals surface area contributed by atoms with Gasteiger partial charge in [-0.25, -0.2) is 0 Å². The van der Waals surface area contributed by atoms with Gasteiger partial charge in [-0.1, -0.05) is 12.1 Å². The number of benzene rings is 1. The third-order valence-electron chi connectivity index (χ3n) is 2.50. The molecule has 1 N–H and O–H groups in total. The zero-order valence-corrected chi connectivity index (χ0v) is 8.68. The number of nitrogens with zero attached hydrogens (tertiary/aromatic N) is 1. The van der Waals surface area contributed by atoms with E-state index in [1.165, 1.54) is 18.4 Å². The van der Waals surface area contributed by atoms with Gasteiger partial charge < -0.3 is 5.32 Å². The molecule has 0 bridgehead atoms. The van der Waals surface area contributed by atoms with Gasteiger partial charge >= 0.3 is 0 Å². The molecule has 0 aliphatic carbocycles. The van der Waals surface area contributed by atoms with Gasteiger partial charge in [0.1, 0.15) is 0 Å². The predicted octanol–water partition coefficient (Wildman–Crippen LogP) is 2.40. The Balaban J connectivity index is 0.000000980. The molecule has 0 amide bonds. The molecule has 1 heterocycles. The fourth-order valence-corrected chi connectivity index (χ4v) is 1.76. The Hall–Kier alpha value is -1.04. The van der Waals surface area contributed by atoms with Gasteiger partial charge in [0.25, 0.3) is 0 Å². The van der Waals surface area contributed by atoms with Gasteiger partial charge in [0, 0.05) is 6.04 Å². The van der Waals surface area contributed by atoms with Crippen LogP contribution in [0.15, 0.2) is 24.3 Å². The summed E-state index contributed by atoms with van der Waals surface area (Å²) in [5.41, 5.74) is 2.04. The lowest BCUT2D eigenvalue weighted by molar-refractivity contribution is 0.648. The maximum absolute atomic E-state index is 8.63. The first-order valence-electron chi connectivity index (χ1n) is 4.63. The van der Waals surface area contributed by atoms with Gasteiger partial charge in [0.15, 0.2) is 0 Å². The first-order chi connectivity index (χ1) is 6.40. The van der Waals surface area contributed by atoms with Crippen LogP contribution in [0.2, 0.25) is 0 Å². The SMILES string of the molecule is Cl.N#Cc1ccc([C@H]2CCCN2)cc1. The molecule has 0 spiro atoms. The number of rotatable bonds is 1. The third-order valence-corrected chi connectivity index (χ3v) is 2.50. The second kappa shape index (κ2) is 4.99. The first kappa shape index (κ1) is 11.0. The summed E-state index contributed by atoms with van der Waals surface area (Å²) in [6.07, 6.45) is 2.47. The molecule has 1 aliphatic rings. The van der Waals surface area contributed by atoms with Crippen molar-refractivity contribution >= 4 is 12.4 Å². The highest BCUT2D eigenvalue weighted by Crippen LogP contribution is 2.22. The topological polar surface area (TPSA) is 35.8 Å². The molecule has 1 aliphatic heterocycles. The molecule has 14 heavy (non-hydrogen) atoms. The van der Waals surface area contributed by atoms with E-state index in [2.05, 4.69) is 11.4 Å². The van der Waals surface area contributed by atoms with Crippen molar-refractivity contribution < 1.29 is 0 Å². The fourth-order valence-electron chi connectivity index (χ4n) is 1.76. The summed E-state index contributed by atoms with van der Waals surface area (Å²) < 4.78 is 0. The van der Waals surface area contributed by atoms with Crippen LogP contribution < -0.4 is 5.32 Å². The standard InChI is InChI=1S/C11H12N2.ClH/c12-8-9-3-5-10(6-4-9)11-2-1-7-13-11;/h3-6,11,13H,1-2,7H2;1H/t11-;/m1./s1. The van der Waals surface area contributed by atoms with Crippen molar-refractivity contribution in [3.05, 3.63) is 35.4 Å². The summed E-state index contributed by atoms with van der Waals surface area (Å²) in [5, 5.41) is 12.1. The second-order valence-corrected chi connectivity index (χ2v) is 3.38. The molecule has 2 nitrogen and oxygen atoms in total. The molecular weight excluding hydrogens is 196 g/mol. The third kappa shape index (κ3) is 2.25. The van der Waals surface area contributed by atoms with Gasteiger partial charge in [0.05, 0.1) is 11.6 Å². The zero-order valence-electron chi connectivity index (χ0n) is 7.86. The van der Waals surface area contributed by atoms with E-state index in [1.807, 2.05) is 24.3 Å². The molecule has 0 aromatic heterocycles. The van der Waals surface area contributed by atoms with E-state index < -0.39 is 0 Å². The molecular formula is C11H13ClN2. The smallest absolute Gasteiger partial charge is 0.0991 e. The summed E-state index contributed by atoms with van der Waals surface area (Å²) >= 11 is 0. The summed E-state index contributed by atoms with van der Waals surface area (Å²) in [7, 11) is 0. The lowest BCUT2D eigenvalue weighted by Crippen LogP contribution is -2.12. The van der Waals surface area contributed by atoms with Gasteiger partial charge in [-0.15, -0.1) is 12.4 Å². The molecule has 1 atom stereocenters. The molecule has 1 fully saturated rings. The Morgan fingerprint density at radius 1 is 1.29 bits per heavy atom. The quantitative estimate of drug-likeness (QED) is 0.770. The molecule has 3 heteroatoms. The maximum atomic E-state index is 8.63. The average Bonchev–Trinajstić information content (AvgIpc) is 2.71. The van der Waals surface area contributed by atoms with Crippen molar-refractivity contribution in [3.63, 3.8) is 0 Å². The van der Waals surface area contributed by atoms with E-state index in [0.717, 1.165) is 12.1 Å². The minimum atomic E-state index is 0. The van der Waals surface area contributed by atoms with E-state index >= 15 is 0 Å². The van der Waals surface area contributed by atoms with Crippen LogP contribution in [0.4, 0.5) is 0 Å². The van der Waals surface area contributed by atoms with Crippen LogP contribution in [0.25, 0.3) is 0 Å². The summed E-state index contributed by atoms with van der Waals surface area (Å²) in [6, 6.07) is 10.5. The van der Waals surface area contributed by atoms with Crippen LogP contribution in [0.3, 0.4) is 0 Å². The molecule has 0 radical (unpaired) electrons. The molecule has 1 saturated heterocycles. The predicted molar refractivity (Wildman–Crippen MR) is 58.4 cm³/mol. The van der Waals surface area contributed by atoms with Gasteiger partial charge in [-0.2, -0.15) is 5.26 Å². The zero-order chi connectivity index (χ0) is 9.10. The van der Waals surface area contributed by atoms with Crippen LogP contribution in [0.1, 0.15) is 30.0 Å². The van der Waals surface area contributed by atoms with Gasteiger partial charge in [-0.3, -0.25) is 0 Å². The number of nitrogens with one attached hydrogen (secondary N) is 1. The minimum Gasteiger partial charge on any atom is -0.310 e. The van der Waals surface area contributed by atoms with E-state index in [0.29, 0.717) is 6.04 Å². The van der Waals surface area contributed by atoms with Crippen molar-refractivity contribution in [1.29, 1.82) is 5.26 Å². The fraction of sp³-hybridized carbons (Fsp3) is 0.364. The van der Waals surface area contributed by atoms with E-state index in [4.69, 9.17) is 5.26 Å². The summed E-state index contributed by atoms with van der Waals surface area (Å²) in [5.74, 6) is 0. The number of nitriles is 1. The number of halogens is 1. The van der Waals surface area contributed by atoms with Crippen molar-refractivity contribution in [2.24, 2.45) is 0 Å².